The van der Waals surface area contributed by atoms with E-state index in [4.69, 9.17) is 5.53 Å². The molecule has 126 valence electrons. The Labute approximate surface area is 144 Å². The van der Waals surface area contributed by atoms with Gasteiger partial charge in [0.05, 0.1) is 0 Å². The quantitative estimate of drug-likeness (QED) is 0.408. The average Bonchev–Trinajstić information content (AvgIpc) is 2.97. The molecular weight excluding hydrogens is 316 g/mol. The van der Waals surface area contributed by atoms with E-state index < -0.39 is 0 Å². The Morgan fingerprint density at radius 3 is 2.92 bits per heavy atom. The lowest BCUT2D eigenvalue weighted by molar-refractivity contribution is 0.102. The minimum atomic E-state index is -0.280. The summed E-state index contributed by atoms with van der Waals surface area (Å²) in [4.78, 5) is 18.9. The van der Waals surface area contributed by atoms with E-state index >= 15 is 0 Å². The summed E-state index contributed by atoms with van der Waals surface area (Å²) in [6.07, 6.45) is 3.50. The molecule has 7 nitrogen and oxygen atoms in total. The first kappa shape index (κ1) is 16.5. The van der Waals surface area contributed by atoms with Crippen molar-refractivity contribution in [2.45, 2.75) is 20.4 Å². The van der Waals surface area contributed by atoms with Crippen LogP contribution in [0.1, 0.15) is 24.2 Å². The lowest BCUT2D eigenvalue weighted by atomic mass is 10.2. The van der Waals surface area contributed by atoms with Crippen molar-refractivity contribution in [3.63, 3.8) is 0 Å². The molecule has 3 aromatic rings. The van der Waals surface area contributed by atoms with Gasteiger partial charge in [-0.05, 0) is 53.0 Å². The maximum Gasteiger partial charge on any atom is 0.255 e. The molecule has 0 atom stereocenters. The minimum Gasteiger partial charge on any atom is -0.347 e. The number of fused-ring (bicyclic) bond motifs is 1. The van der Waals surface area contributed by atoms with Gasteiger partial charge in [0.15, 0.2) is 0 Å². The van der Waals surface area contributed by atoms with E-state index in [2.05, 4.69) is 44.9 Å². The van der Waals surface area contributed by atoms with Crippen LogP contribution in [0.5, 0.6) is 0 Å². The number of amides is 1. The van der Waals surface area contributed by atoms with Crippen molar-refractivity contribution < 1.29 is 4.79 Å². The number of aromatic nitrogens is 2. The Morgan fingerprint density at radius 1 is 1.32 bits per heavy atom. The molecule has 0 aliphatic carbocycles. The number of hydrogen-bond donors (Lipinski definition) is 1. The summed E-state index contributed by atoms with van der Waals surface area (Å²) in [5.74, 6) is 0.445. The van der Waals surface area contributed by atoms with Crippen molar-refractivity contribution in [2.75, 3.05) is 5.32 Å². The molecular formula is C18H18N6O. The standard InChI is InChI=1S/C18H18N6O/c1-12(2)11-24-8-6-13-9-15(3-4-16(13)24)21-18(25)14-5-7-20-17(10-14)22-23-19/h3-10,12H,11H2,1-2H3,(H,21,25). The number of rotatable bonds is 5. The second-order valence-electron chi connectivity index (χ2n) is 6.18. The van der Waals surface area contributed by atoms with Crippen LogP contribution in [0.3, 0.4) is 0 Å². The van der Waals surface area contributed by atoms with Gasteiger partial charge in [0.1, 0.15) is 5.82 Å². The van der Waals surface area contributed by atoms with Gasteiger partial charge in [-0.25, -0.2) is 0 Å². The van der Waals surface area contributed by atoms with Crippen molar-refractivity contribution in [1.29, 1.82) is 0 Å². The molecule has 0 unspecified atom stereocenters. The molecule has 0 bridgehead atoms. The van der Waals surface area contributed by atoms with Gasteiger partial charge in [-0.2, -0.15) is 0 Å². The molecule has 3 rings (SSSR count). The highest BCUT2D eigenvalue weighted by atomic mass is 16.1. The van der Waals surface area contributed by atoms with Crippen LogP contribution >= 0.6 is 0 Å². The zero-order valence-corrected chi connectivity index (χ0v) is 14.0. The number of hydrogen-bond acceptors (Lipinski definition) is 3. The summed E-state index contributed by atoms with van der Waals surface area (Å²) < 4.78 is 2.21. The fourth-order valence-corrected chi connectivity index (χ4v) is 2.69. The van der Waals surface area contributed by atoms with Gasteiger partial charge in [0.25, 0.3) is 5.91 Å². The molecule has 2 aromatic heterocycles. The lowest BCUT2D eigenvalue weighted by Crippen LogP contribution is -2.11. The topological polar surface area (TPSA) is 95.7 Å². The second kappa shape index (κ2) is 7.07. The van der Waals surface area contributed by atoms with Gasteiger partial charge in [0, 0.05) is 46.0 Å². The Balaban J connectivity index is 1.82. The van der Waals surface area contributed by atoms with Gasteiger partial charge in [-0.15, -0.1) is 0 Å². The molecule has 2 heterocycles. The highest BCUT2D eigenvalue weighted by molar-refractivity contribution is 6.05. The van der Waals surface area contributed by atoms with E-state index in [9.17, 15) is 4.79 Å². The molecule has 0 spiro atoms. The Kier molecular flexibility index (Phi) is 4.68. The van der Waals surface area contributed by atoms with Crippen molar-refractivity contribution in [3.8, 4) is 0 Å². The molecule has 0 saturated carbocycles. The maximum atomic E-state index is 12.4. The van der Waals surface area contributed by atoms with Crippen LogP contribution in [0, 0.1) is 5.92 Å². The average molecular weight is 334 g/mol. The van der Waals surface area contributed by atoms with Crippen LogP contribution in [-0.4, -0.2) is 15.5 Å². The van der Waals surface area contributed by atoms with Gasteiger partial charge in [-0.3, -0.25) is 9.78 Å². The number of benzene rings is 1. The van der Waals surface area contributed by atoms with Crippen LogP contribution in [0.25, 0.3) is 21.3 Å². The molecule has 0 aliphatic rings. The van der Waals surface area contributed by atoms with Crippen molar-refractivity contribution in [2.24, 2.45) is 11.0 Å². The Bertz CT molecular complexity index is 969. The predicted molar refractivity (Wildman–Crippen MR) is 97.8 cm³/mol. The summed E-state index contributed by atoms with van der Waals surface area (Å²) in [5, 5.41) is 7.34. The number of nitrogens with one attached hydrogen (secondary N) is 1. The first-order valence-electron chi connectivity index (χ1n) is 7.98. The second-order valence-corrected chi connectivity index (χ2v) is 6.18. The molecule has 7 heteroatoms. The van der Waals surface area contributed by atoms with Crippen molar-refractivity contribution in [3.05, 3.63) is 64.8 Å². The normalized spacial score (nSPS) is 10.7. The molecule has 1 aromatic carbocycles. The Morgan fingerprint density at radius 2 is 2.16 bits per heavy atom. The number of anilines is 1. The number of azide groups is 1. The molecule has 0 aliphatic heterocycles. The minimum absolute atomic E-state index is 0.163. The third kappa shape index (κ3) is 3.79. The van der Waals surface area contributed by atoms with E-state index in [0.29, 0.717) is 17.2 Å². The van der Waals surface area contributed by atoms with Gasteiger partial charge < -0.3 is 9.88 Å². The molecule has 0 fully saturated rings. The van der Waals surface area contributed by atoms with Crippen molar-refractivity contribution >= 4 is 28.3 Å². The van der Waals surface area contributed by atoms with Gasteiger partial charge in [0.2, 0.25) is 0 Å². The first-order valence-corrected chi connectivity index (χ1v) is 7.98. The van der Waals surface area contributed by atoms with Crippen LogP contribution in [0.4, 0.5) is 11.5 Å². The fraction of sp³-hybridized carbons (Fsp3) is 0.222. The predicted octanol–water partition coefficient (Wildman–Crippen LogP) is 4.89. The molecule has 25 heavy (non-hydrogen) atoms. The van der Waals surface area contributed by atoms with Crippen LogP contribution < -0.4 is 5.32 Å². The highest BCUT2D eigenvalue weighted by Crippen LogP contribution is 2.22. The summed E-state index contributed by atoms with van der Waals surface area (Å²) >= 11 is 0. The van der Waals surface area contributed by atoms with Gasteiger partial charge in [-0.1, -0.05) is 13.8 Å². The summed E-state index contributed by atoms with van der Waals surface area (Å²) in [5.41, 5.74) is 10.7. The Hall–Kier alpha value is -3.31. The number of pyridine rings is 1. The van der Waals surface area contributed by atoms with E-state index in [1.165, 1.54) is 12.3 Å². The van der Waals surface area contributed by atoms with Crippen LogP contribution in [-0.2, 0) is 6.54 Å². The summed E-state index contributed by atoms with van der Waals surface area (Å²) in [6.45, 7) is 5.31. The fourth-order valence-electron chi connectivity index (χ4n) is 2.69. The zero-order valence-electron chi connectivity index (χ0n) is 14.0. The largest absolute Gasteiger partial charge is 0.347 e. The van der Waals surface area contributed by atoms with E-state index in [1.54, 1.807) is 6.07 Å². The summed E-state index contributed by atoms with van der Waals surface area (Å²) in [7, 11) is 0. The summed E-state index contributed by atoms with van der Waals surface area (Å²) in [6, 6.07) is 10.9. The lowest BCUT2D eigenvalue weighted by Gasteiger charge is -2.09. The number of carbonyl (C=O) groups is 1. The zero-order chi connectivity index (χ0) is 17.8. The molecule has 0 saturated heterocycles. The van der Waals surface area contributed by atoms with Crippen LogP contribution in [0.15, 0.2) is 53.9 Å². The SMILES string of the molecule is CC(C)Cn1ccc2cc(NC(=O)c3ccnc(N=[N+]=[N-])c3)ccc21. The van der Waals surface area contributed by atoms with Crippen LogP contribution in [0.2, 0.25) is 0 Å². The molecule has 1 N–H and O–H groups in total. The third-order valence-corrected chi connectivity index (χ3v) is 3.75. The molecule has 1 amide bonds. The first-order chi connectivity index (χ1) is 12.1. The van der Waals surface area contributed by atoms with Gasteiger partial charge >= 0.3 is 0 Å². The number of carbonyl (C=O) groups excluding carboxylic acids is 1. The van der Waals surface area contributed by atoms with E-state index in [0.717, 1.165) is 17.4 Å². The van der Waals surface area contributed by atoms with Crippen molar-refractivity contribution in [1.82, 2.24) is 9.55 Å². The monoisotopic (exact) mass is 334 g/mol. The highest BCUT2D eigenvalue weighted by Gasteiger charge is 2.09. The third-order valence-electron chi connectivity index (χ3n) is 3.75. The van der Waals surface area contributed by atoms with E-state index in [1.807, 2.05) is 24.3 Å². The smallest absolute Gasteiger partial charge is 0.255 e. The molecule has 0 radical (unpaired) electrons. The van der Waals surface area contributed by atoms with E-state index in [-0.39, 0.29) is 11.7 Å². The maximum absolute atomic E-state index is 12.4. The number of nitrogens with zero attached hydrogens (tertiary/aromatic N) is 5.